The second kappa shape index (κ2) is 5.93. The Kier molecular flexibility index (Phi) is 4.06. The van der Waals surface area contributed by atoms with Gasteiger partial charge in [0.2, 0.25) is 0 Å². The van der Waals surface area contributed by atoms with Crippen LogP contribution in [0.5, 0.6) is 0 Å². The number of hydrogen-bond donors (Lipinski definition) is 1. The summed E-state index contributed by atoms with van der Waals surface area (Å²) in [7, 11) is 0. The Balaban J connectivity index is 1.90. The van der Waals surface area contributed by atoms with Gasteiger partial charge in [-0.1, -0.05) is 12.1 Å². The minimum absolute atomic E-state index is 0.0259. The number of hydrogen-bond acceptors (Lipinski definition) is 6. The summed E-state index contributed by atoms with van der Waals surface area (Å²) in [5.74, 6) is 0.124. The summed E-state index contributed by atoms with van der Waals surface area (Å²) in [6, 6.07) is 9.04. The number of nitro benzene ring substituents is 1. The Hall–Kier alpha value is -2.74. The van der Waals surface area contributed by atoms with Gasteiger partial charge in [-0.25, -0.2) is 0 Å². The van der Waals surface area contributed by atoms with Crippen molar-refractivity contribution in [2.45, 2.75) is 13.1 Å². The van der Waals surface area contributed by atoms with Crippen LogP contribution in [-0.4, -0.2) is 9.85 Å². The van der Waals surface area contributed by atoms with E-state index in [0.29, 0.717) is 18.8 Å². The van der Waals surface area contributed by atoms with Gasteiger partial charge in [-0.3, -0.25) is 20.2 Å². The fraction of sp³-hybridized carbons (Fsp3) is 0.167. The first-order chi connectivity index (χ1) is 9.56. The van der Waals surface area contributed by atoms with Gasteiger partial charge in [-0.05, 0) is 11.6 Å². The zero-order valence-electron chi connectivity index (χ0n) is 10.3. The van der Waals surface area contributed by atoms with Gasteiger partial charge >= 0.3 is 5.88 Å². The van der Waals surface area contributed by atoms with E-state index in [-0.39, 0.29) is 11.6 Å². The fourth-order valence-electron chi connectivity index (χ4n) is 1.67. The summed E-state index contributed by atoms with van der Waals surface area (Å²) in [4.78, 5) is 20.0. The van der Waals surface area contributed by atoms with E-state index in [0.717, 1.165) is 5.56 Å². The predicted octanol–water partition coefficient (Wildman–Crippen LogP) is 2.39. The average molecular weight is 277 g/mol. The molecule has 0 amide bonds. The number of non-ortho nitro benzene ring substituents is 1. The molecular weight excluding hydrogens is 266 g/mol. The Bertz CT molecular complexity index is 638. The van der Waals surface area contributed by atoms with Crippen LogP contribution in [0.1, 0.15) is 11.3 Å². The van der Waals surface area contributed by atoms with Gasteiger partial charge in [0.1, 0.15) is 10.7 Å². The molecule has 0 aliphatic carbocycles. The van der Waals surface area contributed by atoms with Crippen molar-refractivity contribution < 1.29 is 14.3 Å². The molecule has 1 heterocycles. The van der Waals surface area contributed by atoms with Crippen molar-refractivity contribution in [2.24, 2.45) is 0 Å². The Labute approximate surface area is 113 Å². The molecule has 0 radical (unpaired) electrons. The van der Waals surface area contributed by atoms with E-state index in [2.05, 4.69) is 5.32 Å². The van der Waals surface area contributed by atoms with Crippen molar-refractivity contribution in [3.63, 3.8) is 0 Å². The maximum atomic E-state index is 10.6. The van der Waals surface area contributed by atoms with E-state index in [1.807, 2.05) is 0 Å². The van der Waals surface area contributed by atoms with Crippen LogP contribution in [0.4, 0.5) is 11.6 Å². The van der Waals surface area contributed by atoms with E-state index < -0.39 is 9.85 Å². The standard InChI is InChI=1S/C12H11N3O5/c16-14(17)10-3-1-2-9(6-10)7-13-8-11-4-5-12(20-11)15(18)19/h1-6,13H,7-8H2. The van der Waals surface area contributed by atoms with Gasteiger partial charge in [0.05, 0.1) is 17.5 Å². The van der Waals surface area contributed by atoms with Crippen molar-refractivity contribution in [3.05, 3.63) is 68.0 Å². The zero-order chi connectivity index (χ0) is 14.5. The van der Waals surface area contributed by atoms with Crippen LogP contribution < -0.4 is 5.32 Å². The molecule has 0 spiro atoms. The number of nitrogens with one attached hydrogen (secondary N) is 1. The van der Waals surface area contributed by atoms with E-state index in [9.17, 15) is 20.2 Å². The zero-order valence-corrected chi connectivity index (χ0v) is 10.3. The van der Waals surface area contributed by atoms with Crippen LogP contribution in [0.2, 0.25) is 0 Å². The summed E-state index contributed by atoms with van der Waals surface area (Å²) >= 11 is 0. The Morgan fingerprint density at radius 3 is 2.50 bits per heavy atom. The van der Waals surface area contributed by atoms with Crippen LogP contribution in [-0.2, 0) is 13.1 Å². The van der Waals surface area contributed by atoms with Gasteiger partial charge in [-0.2, -0.15) is 0 Å². The monoisotopic (exact) mass is 277 g/mol. The highest BCUT2D eigenvalue weighted by atomic mass is 16.6. The molecule has 1 aromatic carbocycles. The fourth-order valence-corrected chi connectivity index (χ4v) is 1.67. The molecule has 0 unspecified atom stereocenters. The summed E-state index contributed by atoms with van der Waals surface area (Å²) in [5, 5.41) is 24.1. The number of nitro groups is 2. The molecule has 2 rings (SSSR count). The molecule has 2 aromatic rings. The second-order valence-corrected chi connectivity index (χ2v) is 4.03. The molecule has 0 saturated heterocycles. The number of benzene rings is 1. The van der Waals surface area contributed by atoms with Crippen molar-refractivity contribution in [3.8, 4) is 0 Å². The largest absolute Gasteiger partial charge is 0.433 e. The first-order valence-electron chi connectivity index (χ1n) is 5.73. The second-order valence-electron chi connectivity index (χ2n) is 4.03. The quantitative estimate of drug-likeness (QED) is 0.640. The van der Waals surface area contributed by atoms with Crippen molar-refractivity contribution in [1.29, 1.82) is 0 Å². The van der Waals surface area contributed by atoms with Crippen LogP contribution >= 0.6 is 0 Å². The van der Waals surface area contributed by atoms with E-state index in [4.69, 9.17) is 4.42 Å². The van der Waals surface area contributed by atoms with Crippen molar-refractivity contribution in [1.82, 2.24) is 5.32 Å². The molecule has 1 aromatic heterocycles. The molecule has 8 heteroatoms. The normalized spacial score (nSPS) is 10.4. The minimum Gasteiger partial charge on any atom is -0.404 e. The summed E-state index contributed by atoms with van der Waals surface area (Å²) in [6.07, 6.45) is 0. The molecule has 104 valence electrons. The lowest BCUT2D eigenvalue weighted by Gasteiger charge is -2.02. The summed E-state index contributed by atoms with van der Waals surface area (Å²) in [6.45, 7) is 0.701. The molecule has 0 fully saturated rings. The van der Waals surface area contributed by atoms with E-state index in [1.165, 1.54) is 24.3 Å². The molecule has 0 saturated carbocycles. The van der Waals surface area contributed by atoms with Gasteiger partial charge in [0.15, 0.2) is 0 Å². The minimum atomic E-state index is -0.607. The van der Waals surface area contributed by atoms with Crippen molar-refractivity contribution in [2.75, 3.05) is 0 Å². The SMILES string of the molecule is O=[N+]([O-])c1cccc(CNCc2ccc([N+](=O)[O-])o2)c1. The van der Waals surface area contributed by atoms with Gasteiger partial charge in [0, 0.05) is 18.7 Å². The maximum absolute atomic E-state index is 10.6. The predicted molar refractivity (Wildman–Crippen MR) is 69.0 cm³/mol. The topological polar surface area (TPSA) is 111 Å². The first kappa shape index (κ1) is 13.7. The van der Waals surface area contributed by atoms with Crippen LogP contribution in [0.15, 0.2) is 40.8 Å². The third kappa shape index (κ3) is 3.39. The molecule has 0 bridgehead atoms. The van der Waals surface area contributed by atoms with E-state index in [1.54, 1.807) is 12.1 Å². The van der Waals surface area contributed by atoms with Gasteiger partial charge in [-0.15, -0.1) is 0 Å². The molecule has 0 atom stereocenters. The van der Waals surface area contributed by atoms with Crippen LogP contribution in [0.25, 0.3) is 0 Å². The first-order valence-corrected chi connectivity index (χ1v) is 5.73. The average Bonchev–Trinajstić information content (AvgIpc) is 2.88. The molecule has 0 aliphatic rings. The molecule has 20 heavy (non-hydrogen) atoms. The number of nitrogens with zero attached hydrogens (tertiary/aromatic N) is 2. The summed E-state index contributed by atoms with van der Waals surface area (Å²) in [5.41, 5.74) is 0.776. The van der Waals surface area contributed by atoms with E-state index >= 15 is 0 Å². The summed E-state index contributed by atoms with van der Waals surface area (Å²) < 4.78 is 4.98. The van der Waals surface area contributed by atoms with Crippen LogP contribution in [0.3, 0.4) is 0 Å². The Morgan fingerprint density at radius 2 is 1.85 bits per heavy atom. The highest BCUT2D eigenvalue weighted by Crippen LogP contribution is 2.16. The highest BCUT2D eigenvalue weighted by molar-refractivity contribution is 5.34. The third-order valence-corrected chi connectivity index (χ3v) is 2.58. The highest BCUT2D eigenvalue weighted by Gasteiger charge is 2.11. The smallest absolute Gasteiger partial charge is 0.404 e. The number of furan rings is 1. The molecule has 0 aliphatic heterocycles. The maximum Gasteiger partial charge on any atom is 0.433 e. The van der Waals surface area contributed by atoms with Gasteiger partial charge < -0.3 is 9.73 Å². The molecular formula is C12H11N3O5. The van der Waals surface area contributed by atoms with Crippen LogP contribution in [0, 0.1) is 20.2 Å². The molecule has 1 N–H and O–H groups in total. The number of rotatable bonds is 6. The van der Waals surface area contributed by atoms with Gasteiger partial charge in [0.25, 0.3) is 5.69 Å². The molecule has 8 nitrogen and oxygen atoms in total. The lowest BCUT2D eigenvalue weighted by molar-refractivity contribution is -0.402. The lowest BCUT2D eigenvalue weighted by Crippen LogP contribution is -2.12. The lowest BCUT2D eigenvalue weighted by atomic mass is 10.2. The van der Waals surface area contributed by atoms with Crippen molar-refractivity contribution >= 4 is 11.6 Å². The third-order valence-electron chi connectivity index (χ3n) is 2.58. The Morgan fingerprint density at radius 1 is 1.05 bits per heavy atom.